The Balaban J connectivity index is 1.82. The molecule has 43 heavy (non-hydrogen) atoms. The summed E-state index contributed by atoms with van der Waals surface area (Å²) < 4.78 is 104. The number of ether oxygens (including phenoxy) is 1. The van der Waals surface area contributed by atoms with Gasteiger partial charge in [0.15, 0.2) is 0 Å². The van der Waals surface area contributed by atoms with E-state index in [2.05, 4.69) is 20.7 Å². The second-order valence-electron chi connectivity index (χ2n) is 9.73. The Morgan fingerprint density at radius 2 is 1.88 bits per heavy atom. The number of rotatable bonds is 7. The standard InChI is InChI=1S/C28H22F5N3O5S2/c1-4-22(37)36-9-7-15-5-6-19(34-20(15)13-36)25-24(23-18(30)11-16(29)12-21(23)40-14(2)3)26-17(8-10-42-26)27(35-25)41-43(38,39)28(31,32)33/h4-6,8,10-12,14H,1,7,9,13H2,2-3H3. The number of pyridine rings is 2. The van der Waals surface area contributed by atoms with Gasteiger partial charge in [-0.25, -0.2) is 18.7 Å². The van der Waals surface area contributed by atoms with Gasteiger partial charge in [-0.3, -0.25) is 4.79 Å². The monoisotopic (exact) mass is 639 g/mol. The molecular formula is C28H22F5N3O5S2. The quantitative estimate of drug-likeness (QED) is 0.100. The minimum Gasteiger partial charge on any atom is -0.490 e. The molecular weight excluding hydrogens is 617 g/mol. The van der Waals surface area contributed by atoms with Crippen LogP contribution < -0.4 is 8.92 Å². The zero-order valence-electron chi connectivity index (χ0n) is 22.5. The molecule has 1 aliphatic heterocycles. The molecule has 226 valence electrons. The van der Waals surface area contributed by atoms with E-state index in [1.807, 2.05) is 0 Å². The van der Waals surface area contributed by atoms with E-state index in [1.165, 1.54) is 22.4 Å². The van der Waals surface area contributed by atoms with Gasteiger partial charge in [-0.05, 0) is 49.4 Å². The van der Waals surface area contributed by atoms with Crippen LogP contribution in [-0.2, 0) is 27.9 Å². The van der Waals surface area contributed by atoms with Crippen molar-refractivity contribution < 1.29 is 44.1 Å². The Morgan fingerprint density at radius 1 is 1.14 bits per heavy atom. The number of halogens is 5. The highest BCUT2D eigenvalue weighted by Gasteiger charge is 2.49. The van der Waals surface area contributed by atoms with Crippen molar-refractivity contribution in [2.75, 3.05) is 6.54 Å². The maximum atomic E-state index is 15.7. The van der Waals surface area contributed by atoms with Gasteiger partial charge >= 0.3 is 15.6 Å². The summed E-state index contributed by atoms with van der Waals surface area (Å²) in [6, 6.07) is 6.01. The number of benzene rings is 1. The number of aromatic nitrogens is 2. The molecule has 15 heteroatoms. The summed E-state index contributed by atoms with van der Waals surface area (Å²) >= 11 is 0.938. The molecule has 1 aliphatic rings. The molecule has 0 aliphatic carbocycles. The lowest BCUT2D eigenvalue weighted by Gasteiger charge is -2.27. The van der Waals surface area contributed by atoms with Gasteiger partial charge in [0, 0.05) is 24.2 Å². The van der Waals surface area contributed by atoms with E-state index < -0.39 is 39.2 Å². The van der Waals surface area contributed by atoms with Gasteiger partial charge in [-0.15, -0.1) is 11.3 Å². The van der Waals surface area contributed by atoms with Crippen molar-refractivity contribution in [2.45, 2.75) is 38.4 Å². The fourth-order valence-electron chi connectivity index (χ4n) is 4.63. The molecule has 5 rings (SSSR count). The van der Waals surface area contributed by atoms with Crippen molar-refractivity contribution in [1.29, 1.82) is 0 Å². The molecule has 3 aromatic heterocycles. The summed E-state index contributed by atoms with van der Waals surface area (Å²) in [5, 5.41) is 1.26. The topological polar surface area (TPSA) is 98.7 Å². The van der Waals surface area contributed by atoms with Gasteiger partial charge in [0.05, 0.1) is 39.7 Å². The van der Waals surface area contributed by atoms with E-state index in [4.69, 9.17) is 4.74 Å². The lowest BCUT2D eigenvalue weighted by molar-refractivity contribution is -0.126. The van der Waals surface area contributed by atoms with Crippen LogP contribution in [0.25, 0.3) is 32.6 Å². The largest absolute Gasteiger partial charge is 0.534 e. The Kier molecular flexibility index (Phi) is 7.90. The first-order valence-corrected chi connectivity index (χ1v) is 15.0. The zero-order valence-corrected chi connectivity index (χ0v) is 24.2. The second-order valence-corrected chi connectivity index (χ2v) is 12.2. The molecule has 4 aromatic rings. The highest BCUT2D eigenvalue weighted by atomic mass is 32.2. The molecule has 1 aromatic carbocycles. The zero-order chi connectivity index (χ0) is 31.3. The highest BCUT2D eigenvalue weighted by molar-refractivity contribution is 7.88. The number of carbonyl (C=O) groups excluding carboxylic acids is 1. The van der Waals surface area contributed by atoms with E-state index in [1.54, 1.807) is 19.9 Å². The third kappa shape index (κ3) is 5.78. The van der Waals surface area contributed by atoms with Crippen molar-refractivity contribution in [2.24, 2.45) is 0 Å². The maximum Gasteiger partial charge on any atom is 0.534 e. The highest BCUT2D eigenvalue weighted by Crippen LogP contribution is 2.47. The number of thiophene rings is 1. The summed E-state index contributed by atoms with van der Waals surface area (Å²) in [6.45, 7) is 7.22. The number of hydrogen-bond donors (Lipinski definition) is 0. The number of hydrogen-bond acceptors (Lipinski definition) is 8. The fraction of sp³-hybridized carbons (Fsp3) is 0.250. The maximum absolute atomic E-state index is 15.7. The van der Waals surface area contributed by atoms with Crippen LogP contribution in [0.5, 0.6) is 11.6 Å². The van der Waals surface area contributed by atoms with Crippen LogP contribution in [-0.4, -0.2) is 47.3 Å². The van der Waals surface area contributed by atoms with Crippen LogP contribution in [0, 0.1) is 11.6 Å². The number of nitrogens with zero attached hydrogens (tertiary/aromatic N) is 3. The van der Waals surface area contributed by atoms with Crippen LogP contribution in [0.15, 0.2) is 48.4 Å². The molecule has 0 saturated carbocycles. The van der Waals surface area contributed by atoms with Gasteiger partial charge < -0.3 is 13.8 Å². The summed E-state index contributed by atoms with van der Waals surface area (Å²) in [6.07, 6.45) is 1.06. The summed E-state index contributed by atoms with van der Waals surface area (Å²) in [4.78, 5) is 22.5. The van der Waals surface area contributed by atoms with Gasteiger partial charge in [0.1, 0.15) is 23.1 Å². The first-order chi connectivity index (χ1) is 20.2. The van der Waals surface area contributed by atoms with E-state index in [0.717, 1.165) is 29.0 Å². The van der Waals surface area contributed by atoms with E-state index in [-0.39, 0.29) is 50.8 Å². The van der Waals surface area contributed by atoms with E-state index in [9.17, 15) is 30.8 Å². The van der Waals surface area contributed by atoms with Gasteiger partial charge in [-0.2, -0.15) is 21.6 Å². The third-order valence-corrected chi connectivity index (χ3v) is 8.34. The summed E-state index contributed by atoms with van der Waals surface area (Å²) in [5.41, 5.74) is -5.09. The van der Waals surface area contributed by atoms with E-state index >= 15 is 4.39 Å². The second kappa shape index (κ2) is 11.2. The molecule has 0 radical (unpaired) electrons. The van der Waals surface area contributed by atoms with Crippen molar-refractivity contribution in [3.05, 3.63) is 71.3 Å². The van der Waals surface area contributed by atoms with Crippen molar-refractivity contribution in [3.8, 4) is 34.1 Å². The first-order valence-electron chi connectivity index (χ1n) is 12.7. The fourth-order valence-corrected chi connectivity index (χ4v) is 6.00. The number of amides is 1. The van der Waals surface area contributed by atoms with Crippen LogP contribution >= 0.6 is 11.3 Å². The van der Waals surface area contributed by atoms with Crippen LogP contribution in [0.2, 0.25) is 0 Å². The first kappa shape index (κ1) is 30.4. The van der Waals surface area contributed by atoms with Crippen molar-refractivity contribution in [3.63, 3.8) is 0 Å². The number of alkyl halides is 3. The van der Waals surface area contributed by atoms with E-state index in [0.29, 0.717) is 24.7 Å². The van der Waals surface area contributed by atoms with Gasteiger partial charge in [0.2, 0.25) is 11.8 Å². The molecule has 0 saturated heterocycles. The average Bonchev–Trinajstić information content (AvgIpc) is 3.42. The Hall–Kier alpha value is -4.11. The Labute approximate surface area is 246 Å². The summed E-state index contributed by atoms with van der Waals surface area (Å²) in [5.74, 6) is -3.48. The molecule has 0 atom stereocenters. The third-order valence-electron chi connectivity index (χ3n) is 6.47. The molecule has 0 unspecified atom stereocenters. The SMILES string of the molecule is C=CC(=O)N1CCc2ccc(-c3nc(OS(=O)(=O)C(F)(F)F)c4ccsc4c3-c3c(F)cc(F)cc3OC(C)C)nc2C1. The minimum absolute atomic E-state index is 0.00503. The molecule has 0 spiro atoms. The van der Waals surface area contributed by atoms with Crippen molar-refractivity contribution >= 4 is 37.4 Å². The molecule has 0 fully saturated rings. The molecule has 4 heterocycles. The summed E-state index contributed by atoms with van der Waals surface area (Å²) in [7, 11) is -6.15. The van der Waals surface area contributed by atoms with Crippen LogP contribution in [0.1, 0.15) is 25.1 Å². The predicted octanol–water partition coefficient (Wildman–Crippen LogP) is 6.39. The van der Waals surface area contributed by atoms with Crippen molar-refractivity contribution in [1.82, 2.24) is 14.9 Å². The lowest BCUT2D eigenvalue weighted by Crippen LogP contribution is -2.35. The Morgan fingerprint density at radius 3 is 2.56 bits per heavy atom. The van der Waals surface area contributed by atoms with Crippen LogP contribution in [0.4, 0.5) is 22.0 Å². The molecule has 0 N–H and O–H groups in total. The average molecular weight is 640 g/mol. The van der Waals surface area contributed by atoms with Gasteiger partial charge in [-0.1, -0.05) is 12.6 Å². The minimum atomic E-state index is -6.15. The smallest absolute Gasteiger partial charge is 0.490 e. The molecule has 0 bridgehead atoms. The van der Waals surface area contributed by atoms with Gasteiger partial charge in [0.25, 0.3) is 0 Å². The predicted molar refractivity (Wildman–Crippen MR) is 149 cm³/mol. The molecule has 8 nitrogen and oxygen atoms in total. The normalized spacial score (nSPS) is 13.7. The lowest BCUT2D eigenvalue weighted by atomic mass is 9.97. The number of carbonyl (C=O) groups is 1. The van der Waals surface area contributed by atoms with Crippen LogP contribution in [0.3, 0.4) is 0 Å². The number of fused-ring (bicyclic) bond motifs is 2. The Bertz CT molecular complexity index is 1870. The molecule has 1 amide bonds.